The first-order chi connectivity index (χ1) is 7.13. The van der Waals surface area contributed by atoms with E-state index in [1.807, 2.05) is 0 Å². The minimum atomic E-state index is -0.575. The summed E-state index contributed by atoms with van der Waals surface area (Å²) in [5, 5.41) is 9.05. The van der Waals surface area contributed by atoms with E-state index in [-0.39, 0.29) is 6.42 Å². The van der Waals surface area contributed by atoms with E-state index in [1.165, 1.54) is 19.4 Å². The van der Waals surface area contributed by atoms with Crippen LogP contribution < -0.4 is 5.56 Å². The molecule has 0 saturated carbocycles. The molecule has 0 unspecified atom stereocenters. The number of ether oxygens (including phenoxy) is 1. The van der Waals surface area contributed by atoms with Crippen molar-refractivity contribution in [3.05, 3.63) is 28.2 Å². The molecular formula is C10H9NO4. The standard InChI is InChI=1S/C10H9NO4/c1-15-9(13)4-2-3-7-5-8(12)10(14)11-6-7/h5-6,12H,4H2,1H3,(H,11,14). The molecule has 2 N–H and O–H groups in total. The molecule has 1 heterocycles. The number of aromatic amines is 1. The maximum Gasteiger partial charge on any atom is 0.317 e. The highest BCUT2D eigenvalue weighted by atomic mass is 16.5. The Bertz CT molecular complexity index is 478. The Morgan fingerprint density at radius 3 is 3.00 bits per heavy atom. The van der Waals surface area contributed by atoms with Gasteiger partial charge in [0.05, 0.1) is 7.11 Å². The number of carbonyl (C=O) groups is 1. The van der Waals surface area contributed by atoms with Crippen LogP contribution in [0.2, 0.25) is 0 Å². The summed E-state index contributed by atoms with van der Waals surface area (Å²) in [4.78, 5) is 23.8. The lowest BCUT2D eigenvalue weighted by Crippen LogP contribution is -2.03. The van der Waals surface area contributed by atoms with E-state index in [4.69, 9.17) is 5.11 Å². The molecular weight excluding hydrogens is 198 g/mol. The molecule has 78 valence electrons. The third-order valence-electron chi connectivity index (χ3n) is 1.58. The third kappa shape index (κ3) is 3.19. The lowest BCUT2D eigenvalue weighted by molar-refractivity contribution is -0.139. The molecule has 0 fully saturated rings. The van der Waals surface area contributed by atoms with Gasteiger partial charge in [0.1, 0.15) is 6.42 Å². The number of hydrogen-bond acceptors (Lipinski definition) is 4. The second-order valence-electron chi connectivity index (χ2n) is 2.66. The van der Waals surface area contributed by atoms with E-state index in [0.29, 0.717) is 5.56 Å². The molecule has 0 spiro atoms. The van der Waals surface area contributed by atoms with E-state index >= 15 is 0 Å². The zero-order valence-electron chi connectivity index (χ0n) is 8.03. The highest BCUT2D eigenvalue weighted by molar-refractivity contribution is 5.72. The number of hydrogen-bond donors (Lipinski definition) is 2. The van der Waals surface area contributed by atoms with Crippen LogP contribution in [-0.2, 0) is 9.53 Å². The van der Waals surface area contributed by atoms with Gasteiger partial charge in [-0.3, -0.25) is 9.59 Å². The van der Waals surface area contributed by atoms with Crippen LogP contribution in [-0.4, -0.2) is 23.2 Å². The molecule has 0 aliphatic rings. The number of H-pyrrole nitrogens is 1. The molecule has 1 aromatic heterocycles. The monoisotopic (exact) mass is 207 g/mol. The summed E-state index contributed by atoms with van der Waals surface area (Å²) >= 11 is 0. The molecule has 1 rings (SSSR count). The average molecular weight is 207 g/mol. The van der Waals surface area contributed by atoms with Crippen LogP contribution in [0.15, 0.2) is 17.1 Å². The summed E-state index contributed by atoms with van der Waals surface area (Å²) in [5.41, 5.74) is -0.149. The fourth-order valence-electron chi connectivity index (χ4n) is 0.835. The van der Waals surface area contributed by atoms with E-state index in [1.54, 1.807) is 0 Å². The topological polar surface area (TPSA) is 79.4 Å². The lowest BCUT2D eigenvalue weighted by Gasteiger charge is -1.92. The highest BCUT2D eigenvalue weighted by Crippen LogP contribution is 2.01. The van der Waals surface area contributed by atoms with Gasteiger partial charge in [0.2, 0.25) is 0 Å². The Hall–Kier alpha value is -2.22. The second kappa shape index (κ2) is 4.86. The quantitative estimate of drug-likeness (QED) is 0.501. The van der Waals surface area contributed by atoms with Crippen molar-refractivity contribution in [3.8, 4) is 17.6 Å². The van der Waals surface area contributed by atoms with Gasteiger partial charge in [0.25, 0.3) is 5.56 Å². The Morgan fingerprint density at radius 2 is 2.40 bits per heavy atom. The number of esters is 1. The average Bonchev–Trinajstić information content (AvgIpc) is 2.23. The number of rotatable bonds is 1. The molecule has 0 aliphatic heterocycles. The lowest BCUT2D eigenvalue weighted by atomic mass is 10.2. The van der Waals surface area contributed by atoms with Crippen LogP contribution in [0.3, 0.4) is 0 Å². The van der Waals surface area contributed by atoms with Gasteiger partial charge in [-0.1, -0.05) is 11.8 Å². The maximum absolute atomic E-state index is 10.8. The zero-order chi connectivity index (χ0) is 11.3. The van der Waals surface area contributed by atoms with Gasteiger partial charge >= 0.3 is 5.97 Å². The fraction of sp³-hybridized carbons (Fsp3) is 0.200. The first kappa shape index (κ1) is 10.9. The molecule has 0 aliphatic carbocycles. The SMILES string of the molecule is COC(=O)CC#Cc1c[nH]c(=O)c(O)c1. The summed E-state index contributed by atoms with van der Waals surface area (Å²) < 4.78 is 4.38. The van der Waals surface area contributed by atoms with Crippen molar-refractivity contribution < 1.29 is 14.6 Å². The maximum atomic E-state index is 10.8. The van der Waals surface area contributed by atoms with E-state index in [9.17, 15) is 9.59 Å². The van der Waals surface area contributed by atoms with Crippen molar-refractivity contribution in [2.24, 2.45) is 0 Å². The number of aromatic nitrogens is 1. The first-order valence-electron chi connectivity index (χ1n) is 4.11. The van der Waals surface area contributed by atoms with Crippen molar-refractivity contribution in [2.75, 3.05) is 7.11 Å². The number of methoxy groups -OCH3 is 1. The Balaban J connectivity index is 2.77. The van der Waals surface area contributed by atoms with Gasteiger partial charge in [-0.05, 0) is 0 Å². The fourth-order valence-corrected chi connectivity index (χ4v) is 0.835. The molecule has 0 aromatic carbocycles. The summed E-state index contributed by atoms with van der Waals surface area (Å²) in [7, 11) is 1.27. The molecule has 5 heteroatoms. The van der Waals surface area contributed by atoms with Crippen molar-refractivity contribution in [1.29, 1.82) is 0 Å². The minimum Gasteiger partial charge on any atom is -0.503 e. The zero-order valence-corrected chi connectivity index (χ0v) is 8.03. The summed E-state index contributed by atoms with van der Waals surface area (Å²) in [6, 6.07) is 1.23. The summed E-state index contributed by atoms with van der Waals surface area (Å²) in [6.45, 7) is 0. The first-order valence-corrected chi connectivity index (χ1v) is 4.11. The van der Waals surface area contributed by atoms with E-state index in [2.05, 4.69) is 21.6 Å². The predicted molar refractivity (Wildman–Crippen MR) is 52.2 cm³/mol. The molecule has 1 aromatic rings. The number of aromatic hydroxyl groups is 1. The van der Waals surface area contributed by atoms with Gasteiger partial charge in [0, 0.05) is 17.8 Å². The number of carbonyl (C=O) groups excluding carboxylic acids is 1. The van der Waals surface area contributed by atoms with Gasteiger partial charge in [-0.2, -0.15) is 0 Å². The van der Waals surface area contributed by atoms with Crippen molar-refractivity contribution in [2.45, 2.75) is 6.42 Å². The van der Waals surface area contributed by atoms with Crippen LogP contribution in [0.5, 0.6) is 5.75 Å². The number of nitrogens with one attached hydrogen (secondary N) is 1. The van der Waals surface area contributed by atoms with Crippen molar-refractivity contribution >= 4 is 5.97 Å². The van der Waals surface area contributed by atoms with Gasteiger partial charge in [0.15, 0.2) is 5.75 Å². The van der Waals surface area contributed by atoms with Gasteiger partial charge in [-0.25, -0.2) is 0 Å². The van der Waals surface area contributed by atoms with E-state index < -0.39 is 17.3 Å². The normalized spacial score (nSPS) is 8.87. The third-order valence-corrected chi connectivity index (χ3v) is 1.58. The van der Waals surface area contributed by atoms with Crippen LogP contribution in [0.4, 0.5) is 0 Å². The highest BCUT2D eigenvalue weighted by Gasteiger charge is 1.97. The Kier molecular flexibility index (Phi) is 3.52. The Morgan fingerprint density at radius 1 is 1.67 bits per heavy atom. The van der Waals surface area contributed by atoms with Crippen molar-refractivity contribution in [3.63, 3.8) is 0 Å². The predicted octanol–water partition coefficient (Wildman–Crippen LogP) is -0.00490. The molecule has 15 heavy (non-hydrogen) atoms. The molecule has 5 nitrogen and oxygen atoms in total. The molecule has 0 saturated heterocycles. The minimum absolute atomic E-state index is 0.0314. The summed E-state index contributed by atoms with van der Waals surface area (Å²) in [5.74, 6) is 4.30. The molecule has 0 bridgehead atoms. The molecule has 0 atom stereocenters. The number of pyridine rings is 1. The van der Waals surface area contributed by atoms with Crippen LogP contribution in [0.25, 0.3) is 0 Å². The molecule has 0 amide bonds. The van der Waals surface area contributed by atoms with Crippen LogP contribution >= 0.6 is 0 Å². The van der Waals surface area contributed by atoms with Gasteiger partial charge < -0.3 is 14.8 Å². The second-order valence-corrected chi connectivity index (χ2v) is 2.66. The smallest absolute Gasteiger partial charge is 0.317 e. The summed E-state index contributed by atoms with van der Waals surface area (Å²) in [6.07, 6.45) is 1.32. The Labute approximate surface area is 85.7 Å². The van der Waals surface area contributed by atoms with Gasteiger partial charge in [-0.15, -0.1) is 0 Å². The molecule has 0 radical (unpaired) electrons. The van der Waals surface area contributed by atoms with Crippen molar-refractivity contribution in [1.82, 2.24) is 4.98 Å². The van der Waals surface area contributed by atoms with Crippen LogP contribution in [0, 0.1) is 11.8 Å². The van der Waals surface area contributed by atoms with Crippen LogP contribution in [0.1, 0.15) is 12.0 Å². The largest absolute Gasteiger partial charge is 0.503 e. The van der Waals surface area contributed by atoms with E-state index in [0.717, 1.165) is 0 Å².